The first-order valence-corrected chi connectivity index (χ1v) is 18.8. The molecule has 3 heteroatoms. The van der Waals surface area contributed by atoms with Gasteiger partial charge in [-0.3, -0.25) is 0 Å². The van der Waals surface area contributed by atoms with Crippen molar-refractivity contribution in [1.82, 2.24) is 0 Å². The van der Waals surface area contributed by atoms with Gasteiger partial charge in [-0.25, -0.2) is 0 Å². The highest BCUT2D eigenvalue weighted by Crippen LogP contribution is 2.41. The molecule has 2 nitrogen and oxygen atoms in total. The first-order valence-electron chi connectivity index (χ1n) is 18.0. The predicted octanol–water partition coefficient (Wildman–Crippen LogP) is 15.1. The van der Waals surface area contributed by atoms with Crippen LogP contribution in [0.5, 0.6) is 0 Å². The molecule has 2 heterocycles. The van der Waals surface area contributed by atoms with E-state index >= 15 is 0 Å². The number of benzene rings is 9. The predicted molar refractivity (Wildman–Crippen MR) is 227 cm³/mol. The summed E-state index contributed by atoms with van der Waals surface area (Å²) >= 11 is 1.86. The van der Waals surface area contributed by atoms with E-state index in [1.165, 1.54) is 58.4 Å². The second-order valence-electron chi connectivity index (χ2n) is 13.7. The zero-order valence-corrected chi connectivity index (χ0v) is 29.5. The van der Waals surface area contributed by atoms with Gasteiger partial charge in [0.25, 0.3) is 0 Å². The Morgan fingerprint density at radius 2 is 0.868 bits per heavy atom. The van der Waals surface area contributed by atoms with Crippen LogP contribution in [0.4, 0.5) is 17.1 Å². The zero-order valence-electron chi connectivity index (χ0n) is 28.7. The van der Waals surface area contributed by atoms with E-state index in [1.807, 2.05) is 23.5 Å². The molecule has 0 aliphatic rings. The molecule has 0 fully saturated rings. The molecule has 0 spiro atoms. The van der Waals surface area contributed by atoms with Crippen LogP contribution in [0.2, 0.25) is 0 Å². The summed E-state index contributed by atoms with van der Waals surface area (Å²) < 4.78 is 8.76. The lowest BCUT2D eigenvalue weighted by molar-refractivity contribution is 0.669. The molecule has 0 unspecified atom stereocenters. The molecule has 0 atom stereocenters. The fourth-order valence-corrected chi connectivity index (χ4v) is 9.09. The van der Waals surface area contributed by atoms with Crippen molar-refractivity contribution >= 4 is 92.1 Å². The van der Waals surface area contributed by atoms with Crippen LogP contribution in [0, 0.1) is 0 Å². The summed E-state index contributed by atoms with van der Waals surface area (Å²) in [5.74, 6) is 0. The van der Waals surface area contributed by atoms with Gasteiger partial charge in [-0.05, 0) is 117 Å². The van der Waals surface area contributed by atoms with Crippen LogP contribution >= 0.6 is 11.3 Å². The average Bonchev–Trinajstić information content (AvgIpc) is 3.79. The largest absolute Gasteiger partial charge is 0.456 e. The Labute approximate surface area is 310 Å². The summed E-state index contributed by atoms with van der Waals surface area (Å²) in [7, 11) is 0. The fourth-order valence-electron chi connectivity index (χ4n) is 8.00. The fraction of sp³-hybridized carbons (Fsp3) is 0. The molecular weight excluding hydrogens is 663 g/mol. The smallest absolute Gasteiger partial charge is 0.135 e. The van der Waals surface area contributed by atoms with E-state index in [4.69, 9.17) is 4.42 Å². The Bertz CT molecular complexity index is 3010. The molecule has 0 aliphatic heterocycles. The third-order valence-corrected chi connectivity index (χ3v) is 11.8. The second kappa shape index (κ2) is 11.9. The highest BCUT2D eigenvalue weighted by Gasteiger charge is 2.16. The molecule has 11 rings (SSSR count). The summed E-state index contributed by atoms with van der Waals surface area (Å²) in [6.45, 7) is 0. The SMILES string of the molecule is c1ccc2c(c1)ccc1cc(N(c3ccc(-c4ccc5oc6ccccc6c5c4)cc3)c3ccc(-c4ccc5sc6ccccc6c5c4)cc3)ccc12. The maximum absolute atomic E-state index is 6.11. The van der Waals surface area contributed by atoms with Crippen molar-refractivity contribution in [3.63, 3.8) is 0 Å². The Balaban J connectivity index is 1.01. The Hall–Kier alpha value is -6.68. The number of fused-ring (bicyclic) bond motifs is 9. The van der Waals surface area contributed by atoms with Crippen molar-refractivity contribution in [2.45, 2.75) is 0 Å². The van der Waals surface area contributed by atoms with E-state index < -0.39 is 0 Å². The zero-order chi connectivity index (χ0) is 34.9. The van der Waals surface area contributed by atoms with Crippen molar-refractivity contribution in [3.05, 3.63) is 188 Å². The monoisotopic (exact) mass is 693 g/mol. The number of thiophene rings is 1. The van der Waals surface area contributed by atoms with Crippen molar-refractivity contribution in [1.29, 1.82) is 0 Å². The molecule has 53 heavy (non-hydrogen) atoms. The molecule has 11 aromatic rings. The van der Waals surface area contributed by atoms with Gasteiger partial charge in [-0.1, -0.05) is 115 Å². The van der Waals surface area contributed by atoms with Gasteiger partial charge in [0.05, 0.1) is 0 Å². The summed E-state index contributed by atoms with van der Waals surface area (Å²) in [5, 5.41) is 9.93. The quantitative estimate of drug-likeness (QED) is 0.167. The Kier molecular flexibility index (Phi) is 6.76. The van der Waals surface area contributed by atoms with Crippen LogP contribution in [0.3, 0.4) is 0 Å². The summed E-state index contributed by atoms with van der Waals surface area (Å²) in [6.07, 6.45) is 0. The van der Waals surface area contributed by atoms with Gasteiger partial charge in [0.2, 0.25) is 0 Å². The van der Waals surface area contributed by atoms with Crippen LogP contribution in [0.25, 0.3) is 85.9 Å². The molecule has 0 radical (unpaired) electrons. The molecule has 0 bridgehead atoms. The molecular formula is C50H31NOS. The molecule has 248 valence electrons. The standard InChI is InChI=1S/C50H31NOS/c1-2-8-41-34(7-1)13-14-37-29-40(25-26-42(37)41)51(38-21-15-32(16-22-38)35-19-27-48-45(30-35)43-9-3-5-11-47(43)52-48)39-23-17-33(18-24-39)36-20-28-50-46(31-36)44-10-4-6-12-49(44)53-50/h1-31H. The van der Waals surface area contributed by atoms with Crippen molar-refractivity contribution in [3.8, 4) is 22.3 Å². The van der Waals surface area contributed by atoms with Gasteiger partial charge in [0.1, 0.15) is 11.2 Å². The van der Waals surface area contributed by atoms with E-state index in [0.717, 1.165) is 44.6 Å². The van der Waals surface area contributed by atoms with Gasteiger partial charge in [0, 0.05) is 48.0 Å². The lowest BCUT2D eigenvalue weighted by Crippen LogP contribution is -2.09. The Morgan fingerprint density at radius 1 is 0.321 bits per heavy atom. The van der Waals surface area contributed by atoms with Crippen LogP contribution in [0.1, 0.15) is 0 Å². The second-order valence-corrected chi connectivity index (χ2v) is 14.8. The van der Waals surface area contributed by atoms with Gasteiger partial charge >= 0.3 is 0 Å². The number of anilines is 3. The van der Waals surface area contributed by atoms with E-state index in [9.17, 15) is 0 Å². The van der Waals surface area contributed by atoms with Crippen LogP contribution < -0.4 is 4.90 Å². The number of rotatable bonds is 5. The van der Waals surface area contributed by atoms with Gasteiger partial charge in [0.15, 0.2) is 0 Å². The summed E-state index contributed by atoms with van der Waals surface area (Å²) in [5.41, 5.74) is 9.91. The van der Waals surface area contributed by atoms with Crippen LogP contribution in [0.15, 0.2) is 192 Å². The first kappa shape index (κ1) is 30.0. The molecule has 9 aromatic carbocycles. The maximum atomic E-state index is 6.11. The van der Waals surface area contributed by atoms with E-state index in [2.05, 4.69) is 181 Å². The number of nitrogens with zero attached hydrogens (tertiary/aromatic N) is 1. The summed E-state index contributed by atoms with van der Waals surface area (Å²) in [6, 6.07) is 68.2. The highest BCUT2D eigenvalue weighted by molar-refractivity contribution is 7.25. The molecule has 0 N–H and O–H groups in total. The van der Waals surface area contributed by atoms with Gasteiger partial charge in [-0.2, -0.15) is 0 Å². The molecule has 0 aliphatic carbocycles. The number of furan rings is 1. The van der Waals surface area contributed by atoms with Gasteiger partial charge in [-0.15, -0.1) is 11.3 Å². The minimum absolute atomic E-state index is 0.911. The lowest BCUT2D eigenvalue weighted by atomic mass is 10.00. The number of para-hydroxylation sites is 1. The lowest BCUT2D eigenvalue weighted by Gasteiger charge is -2.26. The number of hydrogen-bond donors (Lipinski definition) is 0. The molecule has 0 saturated heterocycles. The summed E-state index contributed by atoms with van der Waals surface area (Å²) in [4.78, 5) is 2.37. The van der Waals surface area contributed by atoms with Crippen LogP contribution in [-0.2, 0) is 0 Å². The molecule has 2 aromatic heterocycles. The van der Waals surface area contributed by atoms with Crippen molar-refractivity contribution in [2.24, 2.45) is 0 Å². The van der Waals surface area contributed by atoms with Crippen molar-refractivity contribution in [2.75, 3.05) is 4.90 Å². The topological polar surface area (TPSA) is 16.4 Å². The highest BCUT2D eigenvalue weighted by atomic mass is 32.1. The minimum atomic E-state index is 0.911. The van der Waals surface area contributed by atoms with E-state index in [-0.39, 0.29) is 0 Å². The average molecular weight is 694 g/mol. The normalized spacial score (nSPS) is 11.8. The maximum Gasteiger partial charge on any atom is 0.135 e. The van der Waals surface area contributed by atoms with Crippen molar-refractivity contribution < 1.29 is 4.42 Å². The first-order chi connectivity index (χ1) is 26.2. The third-order valence-electron chi connectivity index (χ3n) is 10.7. The third kappa shape index (κ3) is 5.01. The molecule has 0 amide bonds. The van der Waals surface area contributed by atoms with Crippen LogP contribution in [-0.4, -0.2) is 0 Å². The molecule has 0 saturated carbocycles. The minimum Gasteiger partial charge on any atom is -0.456 e. The van der Waals surface area contributed by atoms with E-state index in [0.29, 0.717) is 0 Å². The Morgan fingerprint density at radius 3 is 1.66 bits per heavy atom. The van der Waals surface area contributed by atoms with Gasteiger partial charge < -0.3 is 9.32 Å². The van der Waals surface area contributed by atoms with E-state index in [1.54, 1.807) is 0 Å². The number of hydrogen-bond acceptors (Lipinski definition) is 3.